The van der Waals surface area contributed by atoms with Crippen molar-refractivity contribution in [2.75, 3.05) is 37.0 Å². The van der Waals surface area contributed by atoms with Crippen molar-refractivity contribution in [1.82, 2.24) is 15.0 Å². The van der Waals surface area contributed by atoms with E-state index in [0.717, 1.165) is 43.8 Å². The van der Waals surface area contributed by atoms with Crippen LogP contribution in [0.4, 0.5) is 11.9 Å². The molecular weight excluding hydrogens is 266 g/mol. The molecule has 3 rings (SSSR count). The predicted octanol–water partition coefficient (Wildman–Crippen LogP) is 2.33. The van der Waals surface area contributed by atoms with E-state index in [1.54, 1.807) is 7.11 Å². The van der Waals surface area contributed by atoms with Crippen LogP contribution in [0.25, 0.3) is 0 Å². The minimum atomic E-state index is 0.398. The molecule has 0 spiro atoms. The molecule has 1 aromatic rings. The van der Waals surface area contributed by atoms with Crippen molar-refractivity contribution in [3.05, 3.63) is 0 Å². The maximum atomic E-state index is 5.24. The maximum absolute atomic E-state index is 5.24. The van der Waals surface area contributed by atoms with Gasteiger partial charge in [-0.05, 0) is 43.9 Å². The fraction of sp³-hybridized carbons (Fsp3) is 0.800. The van der Waals surface area contributed by atoms with Gasteiger partial charge in [-0.1, -0.05) is 6.92 Å². The second-order valence-corrected chi connectivity index (χ2v) is 6.16. The first-order valence-electron chi connectivity index (χ1n) is 8.07. The average molecular weight is 291 g/mol. The van der Waals surface area contributed by atoms with Gasteiger partial charge in [0, 0.05) is 19.6 Å². The van der Waals surface area contributed by atoms with Crippen molar-refractivity contribution in [2.45, 2.75) is 39.0 Å². The van der Waals surface area contributed by atoms with Crippen LogP contribution < -0.4 is 15.0 Å². The van der Waals surface area contributed by atoms with Crippen molar-refractivity contribution in [3.8, 4) is 6.01 Å². The molecule has 2 aliphatic carbocycles. The summed E-state index contributed by atoms with van der Waals surface area (Å²) < 4.78 is 5.24. The Hall–Kier alpha value is -1.59. The first-order chi connectivity index (χ1) is 10.3. The molecule has 1 heterocycles. The molecule has 0 bridgehead atoms. The summed E-state index contributed by atoms with van der Waals surface area (Å²) in [6.45, 7) is 5.12. The zero-order chi connectivity index (χ0) is 14.7. The van der Waals surface area contributed by atoms with Crippen LogP contribution in [0, 0.1) is 11.8 Å². The minimum absolute atomic E-state index is 0.398. The molecule has 2 fully saturated rings. The van der Waals surface area contributed by atoms with Crippen LogP contribution in [-0.4, -0.2) is 41.7 Å². The van der Waals surface area contributed by atoms with Crippen molar-refractivity contribution in [1.29, 1.82) is 0 Å². The van der Waals surface area contributed by atoms with Gasteiger partial charge in [-0.2, -0.15) is 15.0 Å². The molecule has 2 aliphatic rings. The van der Waals surface area contributed by atoms with Crippen molar-refractivity contribution >= 4 is 11.9 Å². The molecular formula is C15H25N5O. The molecule has 0 atom stereocenters. The molecule has 0 saturated heterocycles. The maximum Gasteiger partial charge on any atom is 0.322 e. The monoisotopic (exact) mass is 291 g/mol. The number of aromatic nitrogens is 3. The van der Waals surface area contributed by atoms with Crippen LogP contribution in [-0.2, 0) is 0 Å². The second-order valence-electron chi connectivity index (χ2n) is 6.16. The van der Waals surface area contributed by atoms with E-state index in [1.165, 1.54) is 25.7 Å². The zero-order valence-electron chi connectivity index (χ0n) is 13.0. The summed E-state index contributed by atoms with van der Waals surface area (Å²) in [4.78, 5) is 15.7. The topological polar surface area (TPSA) is 63.2 Å². The normalized spacial score (nSPS) is 17.6. The minimum Gasteiger partial charge on any atom is -0.467 e. The van der Waals surface area contributed by atoms with E-state index < -0.39 is 0 Å². The van der Waals surface area contributed by atoms with Gasteiger partial charge in [0.2, 0.25) is 11.9 Å². The number of ether oxygens (including phenoxy) is 1. The molecule has 6 nitrogen and oxygen atoms in total. The zero-order valence-corrected chi connectivity index (χ0v) is 13.0. The third-order valence-electron chi connectivity index (χ3n) is 3.95. The molecule has 0 amide bonds. The summed E-state index contributed by atoms with van der Waals surface area (Å²) >= 11 is 0. The smallest absolute Gasteiger partial charge is 0.322 e. The van der Waals surface area contributed by atoms with Gasteiger partial charge in [-0.25, -0.2) is 0 Å². The Bertz CT molecular complexity index is 459. The van der Waals surface area contributed by atoms with Gasteiger partial charge in [0.15, 0.2) is 0 Å². The Morgan fingerprint density at radius 1 is 1.10 bits per heavy atom. The number of hydrogen-bond acceptors (Lipinski definition) is 6. The summed E-state index contributed by atoms with van der Waals surface area (Å²) in [5.41, 5.74) is 0. The summed E-state index contributed by atoms with van der Waals surface area (Å²) in [6, 6.07) is 0.398. The van der Waals surface area contributed by atoms with Crippen molar-refractivity contribution in [3.63, 3.8) is 0 Å². The van der Waals surface area contributed by atoms with E-state index in [9.17, 15) is 0 Å². The van der Waals surface area contributed by atoms with Crippen LogP contribution >= 0.6 is 0 Å². The molecule has 0 aromatic carbocycles. The van der Waals surface area contributed by atoms with Crippen LogP contribution in [0.5, 0.6) is 6.01 Å². The van der Waals surface area contributed by atoms with Gasteiger partial charge in [0.25, 0.3) is 0 Å². The summed E-state index contributed by atoms with van der Waals surface area (Å²) in [7, 11) is 1.61. The van der Waals surface area contributed by atoms with Gasteiger partial charge in [-0.3, -0.25) is 0 Å². The Morgan fingerprint density at radius 2 is 1.76 bits per heavy atom. The van der Waals surface area contributed by atoms with E-state index in [4.69, 9.17) is 4.74 Å². The van der Waals surface area contributed by atoms with E-state index in [1.807, 2.05) is 0 Å². The molecule has 0 radical (unpaired) electrons. The molecule has 0 unspecified atom stereocenters. The SMILES string of the molecule is CCCNc1nc(OC)nc(N(CC2CC2)CC2CC2)n1. The lowest BCUT2D eigenvalue weighted by Gasteiger charge is -2.23. The predicted molar refractivity (Wildman–Crippen MR) is 82.8 cm³/mol. The molecule has 0 aliphatic heterocycles. The second kappa shape index (κ2) is 6.45. The number of nitrogens with zero attached hydrogens (tertiary/aromatic N) is 4. The van der Waals surface area contributed by atoms with Crippen LogP contribution in [0.3, 0.4) is 0 Å². The Balaban J connectivity index is 1.77. The van der Waals surface area contributed by atoms with Gasteiger partial charge in [-0.15, -0.1) is 0 Å². The molecule has 21 heavy (non-hydrogen) atoms. The standard InChI is InChI=1S/C15H25N5O/c1-3-8-16-13-17-14(19-15(18-13)21-2)20(9-11-4-5-11)10-12-6-7-12/h11-12H,3-10H2,1-2H3,(H,16,17,18,19). The summed E-state index contributed by atoms with van der Waals surface area (Å²) in [5, 5.41) is 3.23. The van der Waals surface area contributed by atoms with E-state index in [0.29, 0.717) is 12.0 Å². The van der Waals surface area contributed by atoms with Gasteiger partial charge < -0.3 is 15.0 Å². The number of anilines is 2. The highest BCUT2D eigenvalue weighted by molar-refractivity contribution is 5.39. The first-order valence-corrected chi connectivity index (χ1v) is 8.07. The van der Waals surface area contributed by atoms with Crippen molar-refractivity contribution in [2.24, 2.45) is 11.8 Å². The van der Waals surface area contributed by atoms with Gasteiger partial charge >= 0.3 is 6.01 Å². The highest BCUT2D eigenvalue weighted by atomic mass is 16.5. The van der Waals surface area contributed by atoms with Gasteiger partial charge in [0.1, 0.15) is 0 Å². The quantitative estimate of drug-likeness (QED) is 0.753. The fourth-order valence-electron chi connectivity index (χ4n) is 2.36. The number of rotatable bonds is 9. The number of hydrogen-bond donors (Lipinski definition) is 1. The molecule has 1 N–H and O–H groups in total. The third kappa shape index (κ3) is 4.19. The van der Waals surface area contributed by atoms with Crippen LogP contribution in [0.2, 0.25) is 0 Å². The number of nitrogens with one attached hydrogen (secondary N) is 1. The number of methoxy groups -OCH3 is 1. The molecule has 116 valence electrons. The lowest BCUT2D eigenvalue weighted by atomic mass is 10.3. The molecule has 6 heteroatoms. The summed E-state index contributed by atoms with van der Waals surface area (Å²) in [5.74, 6) is 3.02. The highest BCUT2D eigenvalue weighted by Crippen LogP contribution is 2.35. The lowest BCUT2D eigenvalue weighted by molar-refractivity contribution is 0.378. The van der Waals surface area contributed by atoms with Crippen molar-refractivity contribution < 1.29 is 4.74 Å². The van der Waals surface area contributed by atoms with Crippen LogP contribution in [0.1, 0.15) is 39.0 Å². The Morgan fingerprint density at radius 3 is 2.29 bits per heavy atom. The van der Waals surface area contributed by atoms with Crippen LogP contribution in [0.15, 0.2) is 0 Å². The largest absolute Gasteiger partial charge is 0.467 e. The Kier molecular flexibility index (Phi) is 4.41. The first kappa shape index (κ1) is 14.4. The fourth-order valence-corrected chi connectivity index (χ4v) is 2.36. The Labute approximate surface area is 126 Å². The average Bonchev–Trinajstić information content (AvgIpc) is 3.39. The third-order valence-corrected chi connectivity index (χ3v) is 3.95. The lowest BCUT2D eigenvalue weighted by Crippen LogP contribution is -2.30. The van der Waals surface area contributed by atoms with E-state index in [-0.39, 0.29) is 0 Å². The summed E-state index contributed by atoms with van der Waals surface area (Å²) in [6.07, 6.45) is 6.39. The van der Waals surface area contributed by atoms with E-state index in [2.05, 4.69) is 32.1 Å². The highest BCUT2D eigenvalue weighted by Gasteiger charge is 2.30. The molecule has 2 saturated carbocycles. The van der Waals surface area contributed by atoms with E-state index >= 15 is 0 Å². The van der Waals surface area contributed by atoms with Gasteiger partial charge in [0.05, 0.1) is 7.11 Å². The molecule has 1 aromatic heterocycles.